The van der Waals surface area contributed by atoms with Gasteiger partial charge in [-0.2, -0.15) is 17.6 Å². The van der Waals surface area contributed by atoms with Crippen molar-refractivity contribution in [3.8, 4) is 0 Å². The number of methoxy groups -OCH3 is 2. The summed E-state index contributed by atoms with van der Waals surface area (Å²) in [4.78, 5) is 23.3. The summed E-state index contributed by atoms with van der Waals surface area (Å²) in [6.45, 7) is 0. The van der Waals surface area contributed by atoms with Crippen LogP contribution in [0.1, 0.15) is 31.8 Å². The molecule has 1 aliphatic rings. The van der Waals surface area contributed by atoms with Crippen molar-refractivity contribution in [2.45, 2.75) is 23.2 Å². The number of benzene rings is 2. The molecular weight excluding hydrogens is 418 g/mol. The van der Waals surface area contributed by atoms with E-state index in [1.807, 2.05) is 0 Å². The number of ether oxygens (including phenoxy) is 2. The minimum Gasteiger partial charge on any atom is -0.465 e. The molecule has 160 valence electrons. The Morgan fingerprint density at radius 1 is 0.667 bits per heavy atom. The van der Waals surface area contributed by atoms with Crippen LogP contribution in [0.5, 0.6) is 0 Å². The maximum Gasteiger partial charge on any atom is 0.355 e. The summed E-state index contributed by atoms with van der Waals surface area (Å²) in [6.07, 6.45) is 0. The van der Waals surface area contributed by atoms with Gasteiger partial charge in [0.1, 0.15) is 0 Å². The molecule has 10 heteroatoms. The molecule has 1 fully saturated rings. The normalized spacial score (nSPS) is 26.4. The summed E-state index contributed by atoms with van der Waals surface area (Å²) in [6, 6.07) is 6.35. The van der Waals surface area contributed by atoms with E-state index in [-0.39, 0.29) is 0 Å². The molecular formula is C20H14F6O4. The first-order valence-electron chi connectivity index (χ1n) is 8.41. The van der Waals surface area contributed by atoms with Gasteiger partial charge in [0.15, 0.2) is 0 Å². The van der Waals surface area contributed by atoms with Crippen molar-refractivity contribution in [2.75, 3.05) is 14.2 Å². The molecule has 0 unspecified atom stereocenters. The third kappa shape index (κ3) is 2.42. The van der Waals surface area contributed by atoms with Crippen molar-refractivity contribution in [3.63, 3.8) is 0 Å². The number of carbonyl (C=O) groups is 2. The van der Waals surface area contributed by atoms with Crippen LogP contribution in [0.2, 0.25) is 0 Å². The molecule has 0 saturated heterocycles. The summed E-state index contributed by atoms with van der Waals surface area (Å²) in [5, 5.41) is 0. The van der Waals surface area contributed by atoms with Crippen LogP contribution < -0.4 is 0 Å². The first-order chi connectivity index (χ1) is 13.9. The highest BCUT2D eigenvalue weighted by Gasteiger charge is 2.98. The first kappa shape index (κ1) is 21.7. The molecule has 3 rings (SSSR count). The van der Waals surface area contributed by atoms with Gasteiger partial charge in [0.2, 0.25) is 11.3 Å². The van der Waals surface area contributed by atoms with Crippen molar-refractivity contribution in [1.82, 2.24) is 0 Å². The highest BCUT2D eigenvalue weighted by molar-refractivity contribution is 5.90. The Kier molecular flexibility index (Phi) is 4.87. The summed E-state index contributed by atoms with van der Waals surface area (Å²) >= 11 is 0. The number of hydrogen-bond donors (Lipinski definition) is 0. The molecule has 4 nitrogen and oxygen atoms in total. The number of rotatable bonds is 4. The Bertz CT molecular complexity index is 942. The molecule has 0 radical (unpaired) electrons. The third-order valence-electron chi connectivity index (χ3n) is 5.10. The topological polar surface area (TPSA) is 52.6 Å². The van der Waals surface area contributed by atoms with E-state index in [0.29, 0.717) is 24.3 Å². The van der Waals surface area contributed by atoms with Crippen LogP contribution in [0, 0.1) is 0 Å². The van der Waals surface area contributed by atoms with Gasteiger partial charge in [0, 0.05) is 11.1 Å². The van der Waals surface area contributed by atoms with Crippen LogP contribution in [0.3, 0.4) is 0 Å². The summed E-state index contributed by atoms with van der Waals surface area (Å²) in [5.41, 5.74) is -12.4. The lowest BCUT2D eigenvalue weighted by Crippen LogP contribution is -2.82. The van der Waals surface area contributed by atoms with Gasteiger partial charge in [0.05, 0.1) is 25.3 Å². The fourth-order valence-corrected chi connectivity index (χ4v) is 3.52. The van der Waals surface area contributed by atoms with Gasteiger partial charge in [-0.25, -0.2) is 18.4 Å². The van der Waals surface area contributed by atoms with Crippen LogP contribution in [0.25, 0.3) is 0 Å². The van der Waals surface area contributed by atoms with Crippen LogP contribution in [0.4, 0.5) is 26.3 Å². The number of carbonyl (C=O) groups excluding carboxylic acids is 2. The first-order valence-corrected chi connectivity index (χ1v) is 8.41. The molecule has 0 N–H and O–H groups in total. The summed E-state index contributed by atoms with van der Waals surface area (Å²) < 4.78 is 97.9. The Labute approximate surface area is 166 Å². The average Bonchev–Trinajstić information content (AvgIpc) is 2.76. The van der Waals surface area contributed by atoms with E-state index < -0.39 is 57.4 Å². The second-order valence-corrected chi connectivity index (χ2v) is 6.61. The second-order valence-electron chi connectivity index (χ2n) is 6.61. The number of halogens is 6. The Morgan fingerprint density at radius 3 is 1.30 bits per heavy atom. The average molecular weight is 432 g/mol. The number of alkyl halides is 6. The maximum absolute atomic E-state index is 15.7. The minimum absolute atomic E-state index is 0.441. The predicted molar refractivity (Wildman–Crippen MR) is 91.0 cm³/mol. The molecule has 30 heavy (non-hydrogen) atoms. The van der Waals surface area contributed by atoms with E-state index in [1.54, 1.807) is 0 Å². The molecule has 2 atom stereocenters. The van der Waals surface area contributed by atoms with Crippen molar-refractivity contribution >= 4 is 11.9 Å². The molecule has 1 aliphatic carbocycles. The summed E-state index contributed by atoms with van der Waals surface area (Å²) in [5.74, 6) is -13.1. The van der Waals surface area contributed by atoms with Gasteiger partial charge >= 0.3 is 23.8 Å². The number of hydrogen-bond acceptors (Lipinski definition) is 4. The van der Waals surface area contributed by atoms with E-state index in [9.17, 15) is 27.2 Å². The van der Waals surface area contributed by atoms with E-state index in [4.69, 9.17) is 0 Å². The standard InChI is InChI=1S/C20H14F6O4/c1-29-15(27)11-5-3-7-13(9-11)17(21)18(22,20(25,26)19(17,23)24)14-8-4-6-12(10-14)16(28)30-2/h3-10H,1-2H3/t17-,18-/m1/s1. The fourth-order valence-electron chi connectivity index (χ4n) is 3.52. The quantitative estimate of drug-likeness (QED) is 0.525. The predicted octanol–water partition coefficient (Wildman–Crippen LogP) is 4.57. The molecule has 1 saturated carbocycles. The monoisotopic (exact) mass is 432 g/mol. The number of esters is 2. The Hall–Kier alpha value is -3.04. The van der Waals surface area contributed by atoms with Crippen molar-refractivity contribution < 1.29 is 45.4 Å². The van der Waals surface area contributed by atoms with Crippen LogP contribution in [-0.2, 0) is 20.8 Å². The lowest BCUT2D eigenvalue weighted by Gasteiger charge is -2.58. The highest BCUT2D eigenvalue weighted by atomic mass is 19.3. The zero-order chi connectivity index (χ0) is 22.5. The van der Waals surface area contributed by atoms with Crippen LogP contribution >= 0.6 is 0 Å². The smallest absolute Gasteiger partial charge is 0.355 e. The zero-order valence-corrected chi connectivity index (χ0v) is 15.5. The molecule has 2 aromatic rings. The molecule has 0 aliphatic heterocycles. The molecule has 0 heterocycles. The maximum atomic E-state index is 15.7. The van der Waals surface area contributed by atoms with Gasteiger partial charge < -0.3 is 9.47 Å². The summed E-state index contributed by atoms with van der Waals surface area (Å²) in [7, 11) is 1.92. The van der Waals surface area contributed by atoms with Crippen molar-refractivity contribution in [1.29, 1.82) is 0 Å². The zero-order valence-electron chi connectivity index (χ0n) is 15.5. The van der Waals surface area contributed by atoms with E-state index in [1.165, 1.54) is 0 Å². The van der Waals surface area contributed by atoms with Gasteiger partial charge in [0.25, 0.3) is 0 Å². The van der Waals surface area contributed by atoms with Gasteiger partial charge in [-0.15, -0.1) is 0 Å². The SMILES string of the molecule is COC(=O)c1cccc([C@]2(F)C(F)(F)C(F)(F)[C@@]2(F)c2cccc(C(=O)OC)c2)c1. The van der Waals surface area contributed by atoms with Crippen molar-refractivity contribution in [3.05, 3.63) is 70.8 Å². The lowest BCUT2D eigenvalue weighted by molar-refractivity contribution is -0.451. The highest BCUT2D eigenvalue weighted by Crippen LogP contribution is 2.76. The van der Waals surface area contributed by atoms with E-state index in [2.05, 4.69) is 9.47 Å². The Balaban J connectivity index is 2.25. The molecule has 0 aromatic heterocycles. The Morgan fingerprint density at radius 2 is 1.00 bits per heavy atom. The van der Waals surface area contributed by atoms with E-state index in [0.717, 1.165) is 38.5 Å². The minimum atomic E-state index is -5.47. The van der Waals surface area contributed by atoms with Gasteiger partial charge in [-0.05, 0) is 24.3 Å². The van der Waals surface area contributed by atoms with Gasteiger partial charge in [-0.1, -0.05) is 24.3 Å². The van der Waals surface area contributed by atoms with Crippen LogP contribution in [0.15, 0.2) is 48.5 Å². The van der Waals surface area contributed by atoms with Crippen molar-refractivity contribution in [2.24, 2.45) is 0 Å². The molecule has 0 amide bonds. The second kappa shape index (κ2) is 6.75. The van der Waals surface area contributed by atoms with E-state index >= 15 is 8.78 Å². The molecule has 0 bridgehead atoms. The third-order valence-corrected chi connectivity index (χ3v) is 5.10. The molecule has 0 spiro atoms. The largest absolute Gasteiger partial charge is 0.465 e. The van der Waals surface area contributed by atoms with Crippen LogP contribution in [-0.4, -0.2) is 38.0 Å². The molecule has 2 aromatic carbocycles. The van der Waals surface area contributed by atoms with Gasteiger partial charge in [-0.3, -0.25) is 0 Å². The fraction of sp³-hybridized carbons (Fsp3) is 0.300. The lowest BCUT2D eigenvalue weighted by atomic mass is 9.55.